The standard InChI is InChI=1S/C11H25NO.ClH/c1-10(2,3)8(12)7-9(13)11(4,5)6;/h8-9,13H,7,12H2,1-6H3;1H/t8-,9+;/m1./s1. The molecule has 0 aliphatic heterocycles. The molecule has 2 nitrogen and oxygen atoms in total. The van der Waals surface area contributed by atoms with Crippen LogP contribution in [-0.2, 0) is 0 Å². The molecule has 2 atom stereocenters. The number of hydrogen-bond donors (Lipinski definition) is 2. The molecule has 0 unspecified atom stereocenters. The van der Waals surface area contributed by atoms with Gasteiger partial charge in [0.15, 0.2) is 0 Å². The summed E-state index contributed by atoms with van der Waals surface area (Å²) >= 11 is 0. The monoisotopic (exact) mass is 223 g/mol. The molecule has 0 amide bonds. The van der Waals surface area contributed by atoms with Crippen LogP contribution in [0.15, 0.2) is 0 Å². The molecule has 0 aliphatic carbocycles. The summed E-state index contributed by atoms with van der Waals surface area (Å²) in [7, 11) is 0. The highest BCUT2D eigenvalue weighted by Crippen LogP contribution is 2.27. The molecule has 0 aromatic rings. The predicted molar refractivity (Wildman–Crippen MR) is 64.8 cm³/mol. The van der Waals surface area contributed by atoms with Crippen molar-refractivity contribution in [1.82, 2.24) is 0 Å². The lowest BCUT2D eigenvalue weighted by atomic mass is 9.78. The van der Waals surface area contributed by atoms with Crippen LogP contribution in [0.3, 0.4) is 0 Å². The second kappa shape index (κ2) is 5.34. The molecule has 0 spiro atoms. The quantitative estimate of drug-likeness (QED) is 0.756. The van der Waals surface area contributed by atoms with Crippen LogP contribution in [0.1, 0.15) is 48.0 Å². The second-order valence-electron chi connectivity index (χ2n) is 6.09. The van der Waals surface area contributed by atoms with Crippen LogP contribution in [0.25, 0.3) is 0 Å². The van der Waals surface area contributed by atoms with E-state index in [2.05, 4.69) is 20.8 Å². The van der Waals surface area contributed by atoms with E-state index in [1.54, 1.807) is 0 Å². The zero-order chi connectivity index (χ0) is 10.9. The second-order valence-corrected chi connectivity index (χ2v) is 6.09. The first kappa shape index (κ1) is 16.6. The van der Waals surface area contributed by atoms with Crippen molar-refractivity contribution in [2.45, 2.75) is 60.1 Å². The topological polar surface area (TPSA) is 46.2 Å². The van der Waals surface area contributed by atoms with Gasteiger partial charge in [-0.2, -0.15) is 0 Å². The summed E-state index contributed by atoms with van der Waals surface area (Å²) in [6.45, 7) is 12.4. The van der Waals surface area contributed by atoms with E-state index in [9.17, 15) is 5.11 Å². The fraction of sp³-hybridized carbons (Fsp3) is 1.00. The molecular formula is C11H26ClNO. The molecule has 0 saturated carbocycles. The smallest absolute Gasteiger partial charge is 0.0603 e. The van der Waals surface area contributed by atoms with Crippen LogP contribution in [0.2, 0.25) is 0 Å². The summed E-state index contributed by atoms with van der Waals surface area (Å²) in [5.74, 6) is 0. The Labute approximate surface area is 94.7 Å². The largest absolute Gasteiger partial charge is 0.393 e. The first-order chi connectivity index (χ1) is 5.55. The molecule has 14 heavy (non-hydrogen) atoms. The first-order valence-electron chi connectivity index (χ1n) is 4.99. The number of rotatable bonds is 2. The van der Waals surface area contributed by atoms with Gasteiger partial charge in [-0.15, -0.1) is 12.4 Å². The van der Waals surface area contributed by atoms with Gasteiger partial charge < -0.3 is 10.8 Å². The van der Waals surface area contributed by atoms with Crippen molar-refractivity contribution in [3.63, 3.8) is 0 Å². The van der Waals surface area contributed by atoms with E-state index in [1.165, 1.54) is 0 Å². The van der Waals surface area contributed by atoms with Gasteiger partial charge in [0.05, 0.1) is 6.10 Å². The summed E-state index contributed by atoms with van der Waals surface area (Å²) in [6, 6.07) is 0.0572. The molecule has 0 heterocycles. The molecule has 0 aromatic heterocycles. The maximum absolute atomic E-state index is 9.84. The van der Waals surface area contributed by atoms with E-state index in [4.69, 9.17) is 5.73 Å². The van der Waals surface area contributed by atoms with Gasteiger partial charge in [-0.3, -0.25) is 0 Å². The SMILES string of the molecule is CC(C)(C)[C@H](N)C[C@H](O)C(C)(C)C.Cl. The Morgan fingerprint density at radius 3 is 1.57 bits per heavy atom. The van der Waals surface area contributed by atoms with E-state index in [1.807, 2.05) is 20.8 Å². The highest BCUT2D eigenvalue weighted by atomic mass is 35.5. The normalized spacial score (nSPS) is 17.1. The highest BCUT2D eigenvalue weighted by molar-refractivity contribution is 5.85. The van der Waals surface area contributed by atoms with Crippen molar-refractivity contribution in [3.8, 4) is 0 Å². The number of hydrogen-bond acceptors (Lipinski definition) is 2. The van der Waals surface area contributed by atoms with Crippen molar-refractivity contribution in [2.75, 3.05) is 0 Å². The Hall–Kier alpha value is 0.210. The third kappa shape index (κ3) is 5.84. The zero-order valence-corrected chi connectivity index (χ0v) is 11.1. The number of aliphatic hydroxyl groups is 1. The van der Waals surface area contributed by atoms with Gasteiger partial charge in [-0.25, -0.2) is 0 Å². The lowest BCUT2D eigenvalue weighted by Crippen LogP contribution is -2.41. The molecule has 0 fully saturated rings. The van der Waals surface area contributed by atoms with Gasteiger partial charge in [0, 0.05) is 6.04 Å². The van der Waals surface area contributed by atoms with Crippen molar-refractivity contribution in [2.24, 2.45) is 16.6 Å². The molecule has 0 bridgehead atoms. The number of halogens is 1. The molecule has 0 rings (SSSR count). The molecule has 3 N–H and O–H groups in total. The van der Waals surface area contributed by atoms with E-state index < -0.39 is 0 Å². The summed E-state index contributed by atoms with van der Waals surface area (Å²) in [5.41, 5.74) is 6.00. The lowest BCUT2D eigenvalue weighted by Gasteiger charge is -2.33. The maximum atomic E-state index is 9.84. The summed E-state index contributed by atoms with van der Waals surface area (Å²) < 4.78 is 0. The van der Waals surface area contributed by atoms with E-state index in [0.717, 1.165) is 0 Å². The fourth-order valence-electron chi connectivity index (χ4n) is 0.948. The minimum atomic E-state index is -0.318. The maximum Gasteiger partial charge on any atom is 0.0603 e. The molecule has 0 radical (unpaired) electrons. The van der Waals surface area contributed by atoms with Crippen LogP contribution in [0.4, 0.5) is 0 Å². The van der Waals surface area contributed by atoms with Gasteiger partial charge in [-0.1, -0.05) is 41.5 Å². The third-order valence-electron chi connectivity index (χ3n) is 2.59. The van der Waals surface area contributed by atoms with Gasteiger partial charge in [0.25, 0.3) is 0 Å². The van der Waals surface area contributed by atoms with Crippen molar-refractivity contribution in [3.05, 3.63) is 0 Å². The van der Waals surface area contributed by atoms with Gasteiger partial charge in [-0.05, 0) is 17.3 Å². The molecule has 3 heteroatoms. The average Bonchev–Trinajstić information content (AvgIpc) is 1.82. The molecule has 0 saturated heterocycles. The Balaban J connectivity index is 0. The average molecular weight is 224 g/mol. The van der Waals surface area contributed by atoms with E-state index in [0.29, 0.717) is 6.42 Å². The highest BCUT2D eigenvalue weighted by Gasteiger charge is 2.29. The van der Waals surface area contributed by atoms with Crippen LogP contribution >= 0.6 is 12.4 Å². The van der Waals surface area contributed by atoms with Crippen LogP contribution in [0, 0.1) is 10.8 Å². The van der Waals surface area contributed by atoms with Crippen LogP contribution in [0.5, 0.6) is 0 Å². The first-order valence-corrected chi connectivity index (χ1v) is 4.99. The Kier molecular flexibility index (Phi) is 6.34. The molecule has 0 aromatic carbocycles. The van der Waals surface area contributed by atoms with Crippen LogP contribution in [-0.4, -0.2) is 17.3 Å². The Bertz CT molecular complexity index is 140. The third-order valence-corrected chi connectivity index (χ3v) is 2.59. The minimum absolute atomic E-state index is 0. The molecule has 0 aliphatic rings. The summed E-state index contributed by atoms with van der Waals surface area (Å²) in [4.78, 5) is 0. The predicted octanol–water partition coefficient (Wildman–Crippen LogP) is 2.58. The lowest BCUT2D eigenvalue weighted by molar-refractivity contribution is 0.0388. The molecular weight excluding hydrogens is 198 g/mol. The minimum Gasteiger partial charge on any atom is -0.393 e. The summed E-state index contributed by atoms with van der Waals surface area (Å²) in [6.07, 6.45) is 0.356. The number of aliphatic hydroxyl groups excluding tert-OH is 1. The summed E-state index contributed by atoms with van der Waals surface area (Å²) in [5, 5.41) is 9.84. The molecule has 88 valence electrons. The van der Waals surface area contributed by atoms with Gasteiger partial charge >= 0.3 is 0 Å². The van der Waals surface area contributed by atoms with Gasteiger partial charge in [0.2, 0.25) is 0 Å². The van der Waals surface area contributed by atoms with E-state index in [-0.39, 0.29) is 35.4 Å². The Morgan fingerprint density at radius 1 is 1.00 bits per heavy atom. The van der Waals surface area contributed by atoms with Crippen molar-refractivity contribution < 1.29 is 5.11 Å². The Morgan fingerprint density at radius 2 is 1.36 bits per heavy atom. The van der Waals surface area contributed by atoms with Crippen molar-refractivity contribution >= 4 is 12.4 Å². The zero-order valence-electron chi connectivity index (χ0n) is 10.3. The van der Waals surface area contributed by atoms with Crippen LogP contribution < -0.4 is 5.73 Å². The fourth-order valence-corrected chi connectivity index (χ4v) is 0.948. The number of nitrogens with two attached hydrogens (primary N) is 1. The van der Waals surface area contributed by atoms with E-state index >= 15 is 0 Å². The van der Waals surface area contributed by atoms with Gasteiger partial charge in [0.1, 0.15) is 0 Å². The van der Waals surface area contributed by atoms with Crippen molar-refractivity contribution in [1.29, 1.82) is 0 Å².